The summed E-state index contributed by atoms with van der Waals surface area (Å²) in [7, 11) is 0. The SMILES string of the molecule is CC(C)(C)OC(=O)NC1CCC(Oc2nc(Cl)cc(Cl)n2)CC1. The van der Waals surface area contributed by atoms with E-state index in [1.165, 1.54) is 6.07 Å². The van der Waals surface area contributed by atoms with E-state index >= 15 is 0 Å². The Kier molecular flexibility index (Phi) is 5.92. The largest absolute Gasteiger partial charge is 0.460 e. The van der Waals surface area contributed by atoms with Crippen molar-refractivity contribution in [3.8, 4) is 6.01 Å². The average Bonchev–Trinajstić information content (AvgIpc) is 2.37. The molecule has 6 nitrogen and oxygen atoms in total. The Hall–Kier alpha value is -1.27. The van der Waals surface area contributed by atoms with Gasteiger partial charge in [0.05, 0.1) is 0 Å². The number of carbonyl (C=O) groups is 1. The highest BCUT2D eigenvalue weighted by molar-refractivity contribution is 6.33. The van der Waals surface area contributed by atoms with Crippen molar-refractivity contribution in [1.82, 2.24) is 15.3 Å². The number of hydrogen-bond acceptors (Lipinski definition) is 5. The fourth-order valence-corrected chi connectivity index (χ4v) is 2.78. The Balaban J connectivity index is 1.78. The molecule has 1 N–H and O–H groups in total. The van der Waals surface area contributed by atoms with Crippen LogP contribution in [-0.4, -0.2) is 33.8 Å². The molecule has 0 aliphatic heterocycles. The van der Waals surface area contributed by atoms with Crippen molar-refractivity contribution in [2.24, 2.45) is 0 Å². The molecule has 1 aromatic heterocycles. The van der Waals surface area contributed by atoms with Crippen molar-refractivity contribution in [2.45, 2.75) is 64.2 Å². The maximum atomic E-state index is 11.8. The van der Waals surface area contributed by atoms with E-state index in [-0.39, 0.29) is 34.6 Å². The molecule has 0 unspecified atom stereocenters. The van der Waals surface area contributed by atoms with Crippen LogP contribution in [0.1, 0.15) is 46.5 Å². The summed E-state index contributed by atoms with van der Waals surface area (Å²) in [4.78, 5) is 19.7. The van der Waals surface area contributed by atoms with Crippen LogP contribution in [0.3, 0.4) is 0 Å². The predicted molar refractivity (Wildman–Crippen MR) is 88.1 cm³/mol. The second-order valence-electron chi connectivity index (χ2n) is 6.53. The lowest BCUT2D eigenvalue weighted by Crippen LogP contribution is -2.42. The van der Waals surface area contributed by atoms with E-state index < -0.39 is 5.60 Å². The van der Waals surface area contributed by atoms with Gasteiger partial charge in [-0.25, -0.2) is 4.79 Å². The highest BCUT2D eigenvalue weighted by atomic mass is 35.5. The molecule has 2 rings (SSSR count). The Morgan fingerprint density at radius 3 is 2.26 bits per heavy atom. The van der Waals surface area contributed by atoms with Crippen LogP contribution in [0.5, 0.6) is 6.01 Å². The summed E-state index contributed by atoms with van der Waals surface area (Å²) in [6, 6.07) is 1.73. The van der Waals surface area contributed by atoms with Gasteiger partial charge in [-0.15, -0.1) is 0 Å². The number of hydrogen-bond donors (Lipinski definition) is 1. The highest BCUT2D eigenvalue weighted by Gasteiger charge is 2.26. The zero-order valence-corrected chi connectivity index (χ0v) is 14.9. The van der Waals surface area contributed by atoms with Gasteiger partial charge in [-0.1, -0.05) is 23.2 Å². The van der Waals surface area contributed by atoms with E-state index in [2.05, 4.69) is 15.3 Å². The molecule has 1 aliphatic rings. The molecule has 0 aromatic carbocycles. The zero-order chi connectivity index (χ0) is 17.0. The molecule has 0 spiro atoms. The van der Waals surface area contributed by atoms with Gasteiger partial charge in [0.2, 0.25) is 0 Å². The summed E-state index contributed by atoms with van der Waals surface area (Å²) in [6.07, 6.45) is 2.78. The molecule has 8 heteroatoms. The fraction of sp³-hybridized carbons (Fsp3) is 0.667. The van der Waals surface area contributed by atoms with Crippen LogP contribution in [-0.2, 0) is 4.74 Å². The van der Waals surface area contributed by atoms with E-state index in [0.29, 0.717) is 0 Å². The van der Waals surface area contributed by atoms with Crippen LogP contribution in [0.25, 0.3) is 0 Å². The molecular formula is C15H21Cl2N3O3. The molecule has 23 heavy (non-hydrogen) atoms. The van der Waals surface area contributed by atoms with E-state index in [9.17, 15) is 4.79 Å². The number of carbonyl (C=O) groups excluding carboxylic acids is 1. The van der Waals surface area contributed by atoms with Crippen LogP contribution < -0.4 is 10.1 Å². The maximum Gasteiger partial charge on any atom is 0.407 e. The minimum Gasteiger partial charge on any atom is -0.460 e. The summed E-state index contributed by atoms with van der Waals surface area (Å²) >= 11 is 11.6. The lowest BCUT2D eigenvalue weighted by molar-refractivity contribution is 0.0467. The normalized spacial score (nSPS) is 21.6. The molecule has 0 radical (unpaired) electrons. The van der Waals surface area contributed by atoms with Crippen LogP contribution in [0.2, 0.25) is 10.3 Å². The van der Waals surface area contributed by atoms with Crippen molar-refractivity contribution in [3.05, 3.63) is 16.4 Å². The van der Waals surface area contributed by atoms with Gasteiger partial charge in [0.25, 0.3) is 0 Å². The summed E-state index contributed by atoms with van der Waals surface area (Å²) in [5.41, 5.74) is -0.492. The van der Waals surface area contributed by atoms with Crippen LogP contribution in [0, 0.1) is 0 Å². The Bertz CT molecular complexity index is 535. The van der Waals surface area contributed by atoms with E-state index in [0.717, 1.165) is 25.7 Å². The Morgan fingerprint density at radius 1 is 1.17 bits per heavy atom. The monoisotopic (exact) mass is 361 g/mol. The number of aromatic nitrogens is 2. The summed E-state index contributed by atoms with van der Waals surface area (Å²) in [6.45, 7) is 5.52. The molecule has 1 aliphatic carbocycles. The third kappa shape index (κ3) is 6.39. The standard InChI is InChI=1S/C15H21Cl2N3O3/c1-15(2,3)23-14(21)18-9-4-6-10(7-5-9)22-13-19-11(16)8-12(17)20-13/h8-10H,4-7H2,1-3H3,(H,18,21). The summed E-state index contributed by atoms with van der Waals surface area (Å²) in [5, 5.41) is 3.39. The zero-order valence-electron chi connectivity index (χ0n) is 13.4. The molecule has 0 saturated heterocycles. The van der Waals surface area contributed by atoms with Crippen LogP contribution >= 0.6 is 23.2 Å². The number of alkyl carbamates (subject to hydrolysis) is 1. The maximum absolute atomic E-state index is 11.8. The fourth-order valence-electron chi connectivity index (χ4n) is 2.37. The number of nitrogens with one attached hydrogen (secondary N) is 1. The van der Waals surface area contributed by atoms with Gasteiger partial charge in [0.15, 0.2) is 0 Å². The number of rotatable bonds is 3. The lowest BCUT2D eigenvalue weighted by atomic mass is 9.93. The summed E-state index contributed by atoms with van der Waals surface area (Å²) < 4.78 is 11.0. The second kappa shape index (κ2) is 7.53. The third-order valence-electron chi connectivity index (χ3n) is 3.31. The molecule has 1 fully saturated rings. The van der Waals surface area contributed by atoms with Gasteiger partial charge in [-0.3, -0.25) is 0 Å². The van der Waals surface area contributed by atoms with Crippen LogP contribution in [0.15, 0.2) is 6.07 Å². The first-order valence-corrected chi connectivity index (χ1v) is 8.33. The summed E-state index contributed by atoms with van der Waals surface area (Å²) in [5.74, 6) is 0. The van der Waals surface area contributed by atoms with Gasteiger partial charge in [0, 0.05) is 12.1 Å². The first-order chi connectivity index (χ1) is 10.7. The van der Waals surface area contributed by atoms with Gasteiger partial charge >= 0.3 is 12.1 Å². The molecule has 0 bridgehead atoms. The third-order valence-corrected chi connectivity index (χ3v) is 3.70. The van der Waals surface area contributed by atoms with Gasteiger partial charge in [-0.2, -0.15) is 9.97 Å². The molecule has 1 saturated carbocycles. The lowest BCUT2D eigenvalue weighted by Gasteiger charge is -2.29. The van der Waals surface area contributed by atoms with Gasteiger partial charge < -0.3 is 14.8 Å². The highest BCUT2D eigenvalue weighted by Crippen LogP contribution is 2.24. The topological polar surface area (TPSA) is 73.3 Å². The average molecular weight is 362 g/mol. The Morgan fingerprint density at radius 2 is 1.74 bits per heavy atom. The van der Waals surface area contributed by atoms with Gasteiger partial charge in [0.1, 0.15) is 22.0 Å². The molecule has 1 heterocycles. The van der Waals surface area contributed by atoms with Crippen molar-refractivity contribution >= 4 is 29.3 Å². The number of amides is 1. The number of ether oxygens (including phenoxy) is 2. The molecule has 1 amide bonds. The molecule has 0 atom stereocenters. The predicted octanol–water partition coefficient (Wildman–Crippen LogP) is 4.00. The van der Waals surface area contributed by atoms with Crippen LogP contribution in [0.4, 0.5) is 4.79 Å². The quantitative estimate of drug-likeness (QED) is 0.823. The number of halogens is 2. The van der Waals surface area contributed by atoms with Crippen molar-refractivity contribution < 1.29 is 14.3 Å². The van der Waals surface area contributed by atoms with E-state index in [1.807, 2.05) is 20.8 Å². The van der Waals surface area contributed by atoms with Crippen molar-refractivity contribution in [1.29, 1.82) is 0 Å². The van der Waals surface area contributed by atoms with Gasteiger partial charge in [-0.05, 0) is 46.5 Å². The number of nitrogens with zero attached hydrogens (tertiary/aromatic N) is 2. The first-order valence-electron chi connectivity index (χ1n) is 7.57. The minimum atomic E-state index is -0.492. The van der Waals surface area contributed by atoms with E-state index in [1.54, 1.807) is 0 Å². The first kappa shape index (κ1) is 18.1. The second-order valence-corrected chi connectivity index (χ2v) is 7.31. The van der Waals surface area contributed by atoms with Crippen molar-refractivity contribution in [3.63, 3.8) is 0 Å². The Labute approximate surface area is 145 Å². The molecule has 1 aromatic rings. The molecule has 128 valence electrons. The minimum absolute atomic E-state index is 0.0128. The smallest absolute Gasteiger partial charge is 0.407 e. The van der Waals surface area contributed by atoms with E-state index in [4.69, 9.17) is 32.7 Å². The van der Waals surface area contributed by atoms with Crippen molar-refractivity contribution in [2.75, 3.05) is 0 Å². The molecular weight excluding hydrogens is 341 g/mol.